The normalized spacial score (nSPS) is 21.3. The predicted molar refractivity (Wildman–Crippen MR) is 86.3 cm³/mol. The van der Waals surface area contributed by atoms with Gasteiger partial charge in [0, 0.05) is 5.69 Å². The van der Waals surface area contributed by atoms with E-state index in [2.05, 4.69) is 67.7 Å². The van der Waals surface area contributed by atoms with Crippen molar-refractivity contribution in [2.45, 2.75) is 45.1 Å². The Balaban J connectivity index is 1.86. The van der Waals surface area contributed by atoms with Crippen molar-refractivity contribution in [3.8, 4) is 0 Å². The van der Waals surface area contributed by atoms with Crippen LogP contribution in [0, 0.1) is 0 Å². The minimum Gasteiger partial charge on any atom is -0.378 e. The zero-order valence-electron chi connectivity index (χ0n) is 12.4. The molecule has 0 heterocycles. The first kappa shape index (κ1) is 13.2. The van der Waals surface area contributed by atoms with E-state index in [1.165, 1.54) is 35.2 Å². The molecule has 0 aliphatic heterocycles. The summed E-state index contributed by atoms with van der Waals surface area (Å²) in [7, 11) is 0. The second-order valence-electron chi connectivity index (χ2n) is 5.86. The molecule has 0 spiro atoms. The highest BCUT2D eigenvalue weighted by Crippen LogP contribution is 2.38. The Bertz CT molecular complexity index is 588. The van der Waals surface area contributed by atoms with Crippen molar-refractivity contribution in [2.24, 2.45) is 0 Å². The smallest absolute Gasteiger partial charge is 0.0516 e. The number of fused-ring (bicyclic) bond motifs is 1. The lowest BCUT2D eigenvalue weighted by molar-refractivity contribution is 0.534. The van der Waals surface area contributed by atoms with Crippen molar-refractivity contribution in [1.82, 2.24) is 0 Å². The van der Waals surface area contributed by atoms with Gasteiger partial charge >= 0.3 is 0 Å². The van der Waals surface area contributed by atoms with Gasteiger partial charge < -0.3 is 5.32 Å². The highest BCUT2D eigenvalue weighted by Gasteiger charge is 2.24. The fourth-order valence-electron chi connectivity index (χ4n) is 3.24. The molecule has 0 aromatic heterocycles. The van der Waals surface area contributed by atoms with E-state index in [0.29, 0.717) is 12.0 Å². The molecule has 1 aliphatic carbocycles. The molecule has 104 valence electrons. The highest BCUT2D eigenvalue weighted by atomic mass is 14.9. The lowest BCUT2D eigenvalue weighted by Gasteiger charge is -2.31. The second kappa shape index (κ2) is 5.70. The summed E-state index contributed by atoms with van der Waals surface area (Å²) in [5.74, 6) is 0.686. The molecule has 0 bridgehead atoms. The molecule has 1 aliphatic rings. The Morgan fingerprint density at radius 2 is 1.80 bits per heavy atom. The van der Waals surface area contributed by atoms with Crippen molar-refractivity contribution in [3.63, 3.8) is 0 Å². The number of hydrogen-bond acceptors (Lipinski definition) is 1. The Morgan fingerprint density at radius 1 is 1.00 bits per heavy atom. The molecule has 1 heteroatoms. The number of benzene rings is 2. The van der Waals surface area contributed by atoms with Crippen LogP contribution in [0.4, 0.5) is 5.69 Å². The van der Waals surface area contributed by atoms with Gasteiger partial charge in [0.15, 0.2) is 0 Å². The van der Waals surface area contributed by atoms with Gasteiger partial charge in [-0.1, -0.05) is 50.2 Å². The first-order valence-corrected chi connectivity index (χ1v) is 7.72. The average Bonchev–Trinajstić information content (AvgIpc) is 2.51. The Morgan fingerprint density at radius 3 is 2.60 bits per heavy atom. The maximum atomic E-state index is 3.73. The maximum absolute atomic E-state index is 3.73. The molecular weight excluding hydrogens is 242 g/mol. The van der Waals surface area contributed by atoms with E-state index in [1.807, 2.05) is 0 Å². The molecular formula is C19H23N. The van der Waals surface area contributed by atoms with Crippen LogP contribution < -0.4 is 5.32 Å². The topological polar surface area (TPSA) is 12.0 Å². The number of nitrogens with one attached hydrogen (secondary N) is 1. The summed E-state index contributed by atoms with van der Waals surface area (Å²) in [5, 5.41) is 3.73. The number of rotatable bonds is 3. The average molecular weight is 265 g/mol. The minimum absolute atomic E-state index is 0.453. The number of hydrogen-bond donors (Lipinski definition) is 1. The molecule has 3 rings (SSSR count). The van der Waals surface area contributed by atoms with E-state index in [4.69, 9.17) is 0 Å². The van der Waals surface area contributed by atoms with E-state index in [0.717, 1.165) is 6.42 Å². The summed E-state index contributed by atoms with van der Waals surface area (Å²) in [4.78, 5) is 0. The third kappa shape index (κ3) is 2.58. The summed E-state index contributed by atoms with van der Waals surface area (Å²) >= 11 is 0. The first-order valence-electron chi connectivity index (χ1n) is 7.72. The zero-order chi connectivity index (χ0) is 13.9. The third-order valence-electron chi connectivity index (χ3n) is 4.47. The van der Waals surface area contributed by atoms with E-state index in [9.17, 15) is 0 Å². The van der Waals surface area contributed by atoms with Gasteiger partial charge in [-0.3, -0.25) is 0 Å². The van der Waals surface area contributed by atoms with Gasteiger partial charge in [-0.2, -0.15) is 0 Å². The van der Waals surface area contributed by atoms with Crippen LogP contribution in [0.1, 0.15) is 55.3 Å². The van der Waals surface area contributed by atoms with Crippen molar-refractivity contribution in [2.75, 3.05) is 5.32 Å². The molecule has 1 nitrogen and oxygen atoms in total. The molecule has 2 unspecified atom stereocenters. The molecule has 2 aromatic carbocycles. The van der Waals surface area contributed by atoms with E-state index < -0.39 is 0 Å². The molecule has 20 heavy (non-hydrogen) atoms. The third-order valence-corrected chi connectivity index (χ3v) is 4.47. The molecule has 0 saturated carbocycles. The number of anilines is 1. The van der Waals surface area contributed by atoms with Gasteiger partial charge in [0.05, 0.1) is 6.04 Å². The van der Waals surface area contributed by atoms with E-state index in [-0.39, 0.29) is 0 Å². The first-order chi connectivity index (χ1) is 9.78. The van der Waals surface area contributed by atoms with Crippen molar-refractivity contribution in [1.29, 1.82) is 0 Å². The Hall–Kier alpha value is -1.76. The fourth-order valence-corrected chi connectivity index (χ4v) is 3.24. The molecule has 2 aromatic rings. The molecule has 2 atom stereocenters. The summed E-state index contributed by atoms with van der Waals surface area (Å²) in [6.07, 6.45) is 3.57. The van der Waals surface area contributed by atoms with Gasteiger partial charge in [-0.25, -0.2) is 0 Å². The van der Waals surface area contributed by atoms with Crippen molar-refractivity contribution < 1.29 is 0 Å². The van der Waals surface area contributed by atoms with E-state index >= 15 is 0 Å². The number of aryl methyl sites for hydroxylation is 1. The monoisotopic (exact) mass is 265 g/mol. The van der Waals surface area contributed by atoms with Gasteiger partial charge in [0.1, 0.15) is 0 Å². The van der Waals surface area contributed by atoms with Gasteiger partial charge in [-0.15, -0.1) is 0 Å². The van der Waals surface area contributed by atoms with E-state index in [1.54, 1.807) is 0 Å². The van der Waals surface area contributed by atoms with Crippen LogP contribution in [-0.2, 0) is 6.42 Å². The predicted octanol–water partition coefficient (Wildman–Crippen LogP) is 5.30. The van der Waals surface area contributed by atoms with Crippen LogP contribution in [0.15, 0.2) is 48.5 Å². The SMILES string of the molecule is CCc1cccc(NC2CCC(C)c3ccccc32)c1. The molecule has 0 radical (unpaired) electrons. The van der Waals surface area contributed by atoms with Crippen LogP contribution in [0.3, 0.4) is 0 Å². The molecule has 0 amide bonds. The summed E-state index contributed by atoms with van der Waals surface area (Å²) in [6.45, 7) is 4.55. The van der Waals surface area contributed by atoms with Crippen LogP contribution in [0.25, 0.3) is 0 Å². The highest BCUT2D eigenvalue weighted by molar-refractivity contribution is 5.49. The largest absolute Gasteiger partial charge is 0.378 e. The zero-order valence-corrected chi connectivity index (χ0v) is 12.4. The standard InChI is InChI=1S/C19H23N/c1-3-15-7-6-8-16(13-15)20-19-12-11-14(2)17-9-4-5-10-18(17)19/h4-10,13-14,19-20H,3,11-12H2,1-2H3. The Kier molecular flexibility index (Phi) is 3.77. The van der Waals surface area contributed by atoms with Crippen LogP contribution in [0.2, 0.25) is 0 Å². The summed E-state index contributed by atoms with van der Waals surface area (Å²) < 4.78 is 0. The quantitative estimate of drug-likeness (QED) is 0.794. The van der Waals surface area contributed by atoms with Crippen LogP contribution in [-0.4, -0.2) is 0 Å². The summed E-state index contributed by atoms with van der Waals surface area (Å²) in [5.41, 5.74) is 5.64. The Labute approximate surface area is 122 Å². The minimum atomic E-state index is 0.453. The fraction of sp³-hybridized carbons (Fsp3) is 0.368. The summed E-state index contributed by atoms with van der Waals surface area (Å²) in [6, 6.07) is 18.2. The van der Waals surface area contributed by atoms with Crippen molar-refractivity contribution >= 4 is 5.69 Å². The maximum Gasteiger partial charge on any atom is 0.0516 e. The molecule has 0 saturated heterocycles. The lowest BCUT2D eigenvalue weighted by atomic mass is 9.81. The molecule has 1 N–H and O–H groups in total. The van der Waals surface area contributed by atoms with Crippen molar-refractivity contribution in [3.05, 3.63) is 65.2 Å². The van der Waals surface area contributed by atoms with Crippen LogP contribution >= 0.6 is 0 Å². The van der Waals surface area contributed by atoms with Gasteiger partial charge in [-0.05, 0) is 54.0 Å². The van der Waals surface area contributed by atoms with Gasteiger partial charge in [0.25, 0.3) is 0 Å². The van der Waals surface area contributed by atoms with Gasteiger partial charge in [0.2, 0.25) is 0 Å². The second-order valence-corrected chi connectivity index (χ2v) is 5.86. The van der Waals surface area contributed by atoms with Crippen LogP contribution in [0.5, 0.6) is 0 Å². The lowest BCUT2D eigenvalue weighted by Crippen LogP contribution is -2.19. The molecule has 0 fully saturated rings.